The molecule has 2 heterocycles. The standard InChI is InChI=1S/C14H14N4O4S/c1-17-8-15-11-6-9(4-5-12(11)17)10-7-13(14(19)22-3)18(2)23(20,21)16-10/h4-8H,1-3H3. The number of hydrogen-bond donors (Lipinski definition) is 0. The molecule has 0 amide bonds. The monoisotopic (exact) mass is 334 g/mol. The summed E-state index contributed by atoms with van der Waals surface area (Å²) in [6.45, 7) is 0. The average molecular weight is 334 g/mol. The molecular formula is C14H14N4O4S. The summed E-state index contributed by atoms with van der Waals surface area (Å²) in [7, 11) is 0.318. The Bertz CT molecular complexity index is 972. The topological polar surface area (TPSA) is 93.9 Å². The highest BCUT2D eigenvalue weighted by Crippen LogP contribution is 2.22. The summed E-state index contributed by atoms with van der Waals surface area (Å²) in [4.78, 5) is 16.0. The van der Waals surface area contributed by atoms with Crippen molar-refractivity contribution in [1.29, 1.82) is 0 Å². The van der Waals surface area contributed by atoms with Crippen LogP contribution in [0.25, 0.3) is 11.0 Å². The summed E-state index contributed by atoms with van der Waals surface area (Å²) in [5, 5.41) is 0. The number of carbonyl (C=O) groups excluding carboxylic acids is 1. The van der Waals surface area contributed by atoms with Crippen LogP contribution in [0.5, 0.6) is 0 Å². The molecule has 1 aliphatic rings. The molecule has 0 saturated heterocycles. The van der Waals surface area contributed by atoms with Crippen LogP contribution in [0.15, 0.2) is 40.7 Å². The minimum atomic E-state index is -3.98. The normalized spacial score (nSPS) is 16.9. The van der Waals surface area contributed by atoms with Crippen LogP contribution in [0.3, 0.4) is 0 Å². The zero-order chi connectivity index (χ0) is 16.8. The first-order valence-corrected chi connectivity index (χ1v) is 8.03. The highest BCUT2D eigenvalue weighted by Gasteiger charge is 2.30. The van der Waals surface area contributed by atoms with Crippen molar-refractivity contribution in [2.45, 2.75) is 0 Å². The van der Waals surface area contributed by atoms with Crippen molar-refractivity contribution in [2.24, 2.45) is 11.4 Å². The Labute approximate surface area is 132 Å². The van der Waals surface area contributed by atoms with Gasteiger partial charge in [0, 0.05) is 19.7 Å². The molecule has 1 aromatic heterocycles. The van der Waals surface area contributed by atoms with E-state index in [0.717, 1.165) is 9.82 Å². The van der Waals surface area contributed by atoms with Crippen LogP contribution < -0.4 is 0 Å². The first kappa shape index (κ1) is 15.2. The van der Waals surface area contributed by atoms with Gasteiger partial charge in [-0.15, -0.1) is 4.40 Å². The number of benzene rings is 1. The van der Waals surface area contributed by atoms with Gasteiger partial charge in [0.05, 0.1) is 30.2 Å². The van der Waals surface area contributed by atoms with Crippen LogP contribution in [0.2, 0.25) is 0 Å². The third-order valence-corrected chi connectivity index (χ3v) is 4.90. The summed E-state index contributed by atoms with van der Waals surface area (Å²) >= 11 is 0. The lowest BCUT2D eigenvalue weighted by molar-refractivity contribution is -0.137. The van der Waals surface area contributed by atoms with Gasteiger partial charge in [-0.1, -0.05) is 6.07 Å². The Morgan fingerprint density at radius 3 is 2.70 bits per heavy atom. The van der Waals surface area contributed by atoms with Crippen LogP contribution in [0.4, 0.5) is 0 Å². The molecule has 0 atom stereocenters. The highest BCUT2D eigenvalue weighted by atomic mass is 32.2. The van der Waals surface area contributed by atoms with Gasteiger partial charge in [0.25, 0.3) is 0 Å². The van der Waals surface area contributed by atoms with Gasteiger partial charge in [-0.2, -0.15) is 8.42 Å². The number of aryl methyl sites for hydroxylation is 1. The van der Waals surface area contributed by atoms with E-state index in [-0.39, 0.29) is 11.4 Å². The third kappa shape index (κ3) is 2.48. The molecule has 0 fully saturated rings. The van der Waals surface area contributed by atoms with E-state index in [1.54, 1.807) is 18.5 Å². The molecule has 0 spiro atoms. The fraction of sp³-hybridized carbons (Fsp3) is 0.214. The molecule has 0 unspecified atom stereocenters. The minimum Gasteiger partial charge on any atom is -0.464 e. The van der Waals surface area contributed by atoms with Crippen LogP contribution in [0.1, 0.15) is 5.56 Å². The first-order valence-electron chi connectivity index (χ1n) is 6.64. The Morgan fingerprint density at radius 1 is 1.26 bits per heavy atom. The molecule has 23 heavy (non-hydrogen) atoms. The molecule has 0 bridgehead atoms. The average Bonchev–Trinajstić information content (AvgIpc) is 2.89. The summed E-state index contributed by atoms with van der Waals surface area (Å²) in [6.07, 6.45) is 3.05. The summed E-state index contributed by atoms with van der Waals surface area (Å²) in [5.41, 5.74) is 2.23. The minimum absolute atomic E-state index is 0.0985. The van der Waals surface area contributed by atoms with Gasteiger partial charge in [-0.3, -0.25) is 0 Å². The van der Waals surface area contributed by atoms with Crippen molar-refractivity contribution in [2.75, 3.05) is 14.2 Å². The van der Waals surface area contributed by atoms with Crippen LogP contribution in [-0.2, 0) is 26.8 Å². The number of allylic oxidation sites excluding steroid dienone is 1. The summed E-state index contributed by atoms with van der Waals surface area (Å²) in [6, 6.07) is 5.27. The van der Waals surface area contributed by atoms with Crippen molar-refractivity contribution in [3.8, 4) is 0 Å². The quantitative estimate of drug-likeness (QED) is 0.750. The number of aromatic nitrogens is 2. The van der Waals surface area contributed by atoms with Gasteiger partial charge in [-0.05, 0) is 18.2 Å². The Hall–Kier alpha value is -2.68. The van der Waals surface area contributed by atoms with Crippen molar-refractivity contribution in [1.82, 2.24) is 13.9 Å². The lowest BCUT2D eigenvalue weighted by atomic mass is 10.1. The molecule has 120 valence electrons. The second-order valence-electron chi connectivity index (χ2n) is 5.00. The number of rotatable bonds is 2. The van der Waals surface area contributed by atoms with Crippen LogP contribution in [-0.4, -0.2) is 48.1 Å². The number of methoxy groups -OCH3 is 1. The Kier molecular flexibility index (Phi) is 3.44. The van der Waals surface area contributed by atoms with Crippen molar-refractivity contribution in [3.63, 3.8) is 0 Å². The zero-order valence-corrected chi connectivity index (χ0v) is 13.5. The molecular weight excluding hydrogens is 320 g/mol. The summed E-state index contributed by atoms with van der Waals surface area (Å²) < 4.78 is 35.3. The molecule has 1 aliphatic heterocycles. The number of ether oxygens (including phenoxy) is 1. The van der Waals surface area contributed by atoms with Crippen molar-refractivity contribution in [3.05, 3.63) is 41.9 Å². The molecule has 9 heteroatoms. The van der Waals surface area contributed by atoms with Gasteiger partial charge >= 0.3 is 16.2 Å². The van der Waals surface area contributed by atoms with Crippen molar-refractivity contribution >= 4 is 32.9 Å². The molecule has 2 aromatic rings. The zero-order valence-electron chi connectivity index (χ0n) is 12.7. The van der Waals surface area contributed by atoms with E-state index in [0.29, 0.717) is 11.1 Å². The largest absolute Gasteiger partial charge is 0.464 e. The molecule has 3 rings (SSSR count). The maximum Gasteiger partial charge on any atom is 0.355 e. The molecule has 8 nitrogen and oxygen atoms in total. The second kappa shape index (κ2) is 5.20. The molecule has 0 N–H and O–H groups in total. The first-order chi connectivity index (χ1) is 10.8. The van der Waals surface area contributed by atoms with Crippen LogP contribution in [0, 0.1) is 0 Å². The number of imidazole rings is 1. The Morgan fingerprint density at radius 2 is 2.00 bits per heavy atom. The third-order valence-electron chi connectivity index (χ3n) is 3.59. The predicted octanol–water partition coefficient (Wildman–Crippen LogP) is 0.609. The van der Waals surface area contributed by atoms with Gasteiger partial charge in [-0.25, -0.2) is 14.1 Å². The maximum absolute atomic E-state index is 12.1. The SMILES string of the molecule is COC(=O)C1=CC(c2ccc3c(c2)ncn3C)=NS(=O)(=O)N1C. The molecule has 0 saturated carbocycles. The lowest BCUT2D eigenvalue weighted by Gasteiger charge is -2.22. The number of nitrogens with zero attached hydrogens (tertiary/aromatic N) is 4. The summed E-state index contributed by atoms with van der Waals surface area (Å²) in [5.74, 6) is -0.748. The van der Waals surface area contributed by atoms with Gasteiger partial charge < -0.3 is 9.30 Å². The van der Waals surface area contributed by atoms with Crippen LogP contribution >= 0.6 is 0 Å². The number of hydrogen-bond acceptors (Lipinski definition) is 5. The second-order valence-corrected chi connectivity index (χ2v) is 6.63. The Balaban J connectivity index is 2.16. The highest BCUT2D eigenvalue weighted by molar-refractivity contribution is 7.88. The van der Waals surface area contributed by atoms with E-state index in [1.807, 2.05) is 17.7 Å². The van der Waals surface area contributed by atoms with E-state index < -0.39 is 16.2 Å². The van der Waals surface area contributed by atoms with E-state index in [2.05, 4.69) is 14.1 Å². The number of esters is 1. The maximum atomic E-state index is 12.1. The van der Waals surface area contributed by atoms with Gasteiger partial charge in [0.2, 0.25) is 0 Å². The lowest BCUT2D eigenvalue weighted by Crippen LogP contribution is -2.33. The van der Waals surface area contributed by atoms with Gasteiger partial charge in [0.15, 0.2) is 0 Å². The number of fused-ring (bicyclic) bond motifs is 1. The van der Waals surface area contributed by atoms with E-state index in [9.17, 15) is 13.2 Å². The molecule has 0 radical (unpaired) electrons. The fourth-order valence-corrected chi connectivity index (χ4v) is 3.19. The number of carbonyl (C=O) groups is 1. The van der Waals surface area contributed by atoms with E-state index in [1.165, 1.54) is 20.2 Å². The smallest absolute Gasteiger partial charge is 0.355 e. The molecule has 1 aromatic carbocycles. The van der Waals surface area contributed by atoms with E-state index in [4.69, 9.17) is 0 Å². The fourth-order valence-electron chi connectivity index (χ4n) is 2.28. The van der Waals surface area contributed by atoms with Gasteiger partial charge in [0.1, 0.15) is 5.70 Å². The van der Waals surface area contributed by atoms with E-state index >= 15 is 0 Å². The van der Waals surface area contributed by atoms with Crippen molar-refractivity contribution < 1.29 is 17.9 Å². The number of likely N-dealkylation sites (N-methyl/N-ethyl adjacent to an activating group) is 1. The predicted molar refractivity (Wildman–Crippen MR) is 84.0 cm³/mol. The molecule has 0 aliphatic carbocycles.